The van der Waals surface area contributed by atoms with Crippen molar-refractivity contribution >= 4 is 11.6 Å². The molecule has 0 aromatic carbocycles. The van der Waals surface area contributed by atoms with Crippen LogP contribution in [0.3, 0.4) is 0 Å². The predicted octanol–water partition coefficient (Wildman–Crippen LogP) is 2.11. The van der Waals surface area contributed by atoms with Gasteiger partial charge in [0.15, 0.2) is 5.82 Å². The second kappa shape index (κ2) is 6.51. The molecule has 0 spiro atoms. The van der Waals surface area contributed by atoms with Gasteiger partial charge in [0, 0.05) is 25.2 Å². The summed E-state index contributed by atoms with van der Waals surface area (Å²) >= 11 is 0. The molecule has 0 aliphatic carbocycles. The number of nitrogens with one attached hydrogen (secondary N) is 1. The molecular formula is C14H23N7. The van der Waals surface area contributed by atoms with Crippen molar-refractivity contribution in [2.24, 2.45) is 0 Å². The monoisotopic (exact) mass is 289 g/mol. The maximum absolute atomic E-state index is 4.32. The third kappa shape index (κ3) is 3.90. The summed E-state index contributed by atoms with van der Waals surface area (Å²) in [4.78, 5) is 10.6. The van der Waals surface area contributed by atoms with Crippen molar-refractivity contribution < 1.29 is 0 Å². The zero-order chi connectivity index (χ0) is 15.4. The van der Waals surface area contributed by atoms with E-state index in [1.807, 2.05) is 18.0 Å². The van der Waals surface area contributed by atoms with Crippen LogP contribution in [0.5, 0.6) is 0 Å². The van der Waals surface area contributed by atoms with Crippen molar-refractivity contribution in [3.05, 3.63) is 24.5 Å². The molecule has 0 aliphatic rings. The van der Waals surface area contributed by atoms with Crippen molar-refractivity contribution in [1.29, 1.82) is 0 Å². The number of anilines is 2. The van der Waals surface area contributed by atoms with Crippen LogP contribution in [0.4, 0.5) is 11.6 Å². The quantitative estimate of drug-likeness (QED) is 0.878. The lowest BCUT2D eigenvalue weighted by atomic mass is 10.3. The highest BCUT2D eigenvalue weighted by atomic mass is 15.3. The normalized spacial score (nSPS) is 11.2. The van der Waals surface area contributed by atoms with Gasteiger partial charge in [0.05, 0.1) is 6.54 Å². The van der Waals surface area contributed by atoms with Gasteiger partial charge < -0.3 is 14.8 Å². The van der Waals surface area contributed by atoms with Gasteiger partial charge in [0.2, 0.25) is 0 Å². The molecule has 2 rings (SSSR count). The first-order valence-corrected chi connectivity index (χ1v) is 7.15. The van der Waals surface area contributed by atoms with Crippen molar-refractivity contribution in [3.8, 4) is 0 Å². The predicted molar refractivity (Wildman–Crippen MR) is 83.3 cm³/mol. The van der Waals surface area contributed by atoms with Crippen molar-refractivity contribution in [2.45, 2.75) is 46.3 Å². The van der Waals surface area contributed by atoms with Crippen LogP contribution in [0.2, 0.25) is 0 Å². The number of hydrogen-bond donors (Lipinski definition) is 1. The molecule has 2 heterocycles. The first-order valence-electron chi connectivity index (χ1n) is 7.15. The molecule has 0 saturated heterocycles. The minimum atomic E-state index is 0.335. The summed E-state index contributed by atoms with van der Waals surface area (Å²) in [6.07, 6.45) is 3.34. The highest BCUT2D eigenvalue weighted by Crippen LogP contribution is 2.16. The maximum Gasteiger partial charge on any atom is 0.152 e. The topological polar surface area (TPSA) is 71.8 Å². The number of aromatic nitrogens is 5. The average Bonchev–Trinajstić information content (AvgIpc) is 2.86. The minimum Gasteiger partial charge on any atom is -0.368 e. The molecule has 0 unspecified atom stereocenters. The molecule has 0 radical (unpaired) electrons. The molecule has 2 aromatic rings. The van der Waals surface area contributed by atoms with E-state index in [1.54, 1.807) is 12.7 Å². The summed E-state index contributed by atoms with van der Waals surface area (Å²) in [6, 6.07) is 2.62. The molecule has 0 amide bonds. The molecule has 21 heavy (non-hydrogen) atoms. The molecule has 0 fully saturated rings. The van der Waals surface area contributed by atoms with Crippen LogP contribution in [-0.4, -0.2) is 37.8 Å². The standard InChI is InChI=1S/C14H23N7/c1-10(2)18-12-6-13(16-8-15-12)20(5)7-14-19-17-9-21(14)11(3)4/h6,8-11H,7H2,1-5H3,(H,15,16,18). The molecule has 1 N–H and O–H groups in total. The lowest BCUT2D eigenvalue weighted by Crippen LogP contribution is -2.22. The summed E-state index contributed by atoms with van der Waals surface area (Å²) in [5.41, 5.74) is 0. The molecular weight excluding hydrogens is 266 g/mol. The van der Waals surface area contributed by atoms with Crippen molar-refractivity contribution in [1.82, 2.24) is 24.7 Å². The SMILES string of the molecule is CC(C)Nc1cc(N(C)Cc2nncn2C(C)C)ncn1. The van der Waals surface area contributed by atoms with E-state index in [4.69, 9.17) is 0 Å². The smallest absolute Gasteiger partial charge is 0.152 e. The Bertz CT molecular complexity index is 576. The van der Waals surface area contributed by atoms with Gasteiger partial charge in [-0.25, -0.2) is 9.97 Å². The largest absolute Gasteiger partial charge is 0.368 e. The summed E-state index contributed by atoms with van der Waals surface area (Å²) in [6.45, 7) is 9.04. The molecule has 114 valence electrons. The molecule has 0 atom stereocenters. The summed E-state index contributed by atoms with van der Waals surface area (Å²) in [5.74, 6) is 2.60. The fraction of sp³-hybridized carbons (Fsp3) is 0.571. The van der Waals surface area contributed by atoms with E-state index < -0.39 is 0 Å². The fourth-order valence-corrected chi connectivity index (χ4v) is 2.03. The van der Waals surface area contributed by atoms with Crippen LogP contribution >= 0.6 is 0 Å². The van der Waals surface area contributed by atoms with Crippen LogP contribution in [0, 0.1) is 0 Å². The first-order chi connectivity index (χ1) is 9.97. The molecule has 0 bridgehead atoms. The third-order valence-corrected chi connectivity index (χ3v) is 3.06. The first kappa shape index (κ1) is 15.2. The van der Waals surface area contributed by atoms with E-state index >= 15 is 0 Å². The van der Waals surface area contributed by atoms with Gasteiger partial charge in [-0.2, -0.15) is 0 Å². The molecule has 0 saturated carbocycles. The van der Waals surface area contributed by atoms with E-state index in [1.165, 1.54) is 0 Å². The minimum absolute atomic E-state index is 0.335. The van der Waals surface area contributed by atoms with Crippen LogP contribution in [0.15, 0.2) is 18.7 Å². The fourth-order valence-electron chi connectivity index (χ4n) is 2.03. The van der Waals surface area contributed by atoms with Gasteiger partial charge in [-0.3, -0.25) is 0 Å². The average molecular weight is 289 g/mol. The second-order valence-corrected chi connectivity index (χ2v) is 5.66. The highest BCUT2D eigenvalue weighted by molar-refractivity contribution is 5.48. The Hall–Kier alpha value is -2.18. The molecule has 0 aliphatic heterocycles. The Morgan fingerprint density at radius 1 is 1.24 bits per heavy atom. The van der Waals surface area contributed by atoms with Crippen LogP contribution < -0.4 is 10.2 Å². The number of rotatable bonds is 6. The Balaban J connectivity index is 2.12. The maximum atomic E-state index is 4.32. The van der Waals surface area contributed by atoms with Gasteiger partial charge in [-0.15, -0.1) is 10.2 Å². The van der Waals surface area contributed by atoms with Gasteiger partial charge in [-0.05, 0) is 27.7 Å². The highest BCUT2D eigenvalue weighted by Gasteiger charge is 2.12. The Kier molecular flexibility index (Phi) is 4.72. The Morgan fingerprint density at radius 2 is 2.00 bits per heavy atom. The lowest BCUT2D eigenvalue weighted by Gasteiger charge is -2.20. The Morgan fingerprint density at radius 3 is 2.67 bits per heavy atom. The van der Waals surface area contributed by atoms with Gasteiger partial charge in [-0.1, -0.05) is 0 Å². The van der Waals surface area contributed by atoms with E-state index in [0.29, 0.717) is 18.6 Å². The zero-order valence-electron chi connectivity index (χ0n) is 13.3. The van der Waals surface area contributed by atoms with Crippen LogP contribution in [0.25, 0.3) is 0 Å². The number of nitrogens with zero attached hydrogens (tertiary/aromatic N) is 6. The van der Waals surface area contributed by atoms with Crippen molar-refractivity contribution in [2.75, 3.05) is 17.3 Å². The lowest BCUT2D eigenvalue weighted by molar-refractivity contribution is 0.564. The van der Waals surface area contributed by atoms with Gasteiger partial charge in [0.25, 0.3) is 0 Å². The van der Waals surface area contributed by atoms with Gasteiger partial charge in [0.1, 0.15) is 24.3 Å². The van der Waals surface area contributed by atoms with E-state index in [2.05, 4.69) is 57.7 Å². The van der Waals surface area contributed by atoms with Crippen LogP contribution in [0.1, 0.15) is 39.6 Å². The van der Waals surface area contributed by atoms with Gasteiger partial charge >= 0.3 is 0 Å². The van der Waals surface area contributed by atoms with E-state index in [-0.39, 0.29) is 0 Å². The molecule has 7 heteroatoms. The van der Waals surface area contributed by atoms with E-state index in [0.717, 1.165) is 17.5 Å². The summed E-state index contributed by atoms with van der Waals surface area (Å²) in [7, 11) is 1.99. The number of hydrogen-bond acceptors (Lipinski definition) is 6. The summed E-state index contributed by atoms with van der Waals surface area (Å²) in [5, 5.41) is 11.5. The molecule has 2 aromatic heterocycles. The van der Waals surface area contributed by atoms with E-state index in [9.17, 15) is 0 Å². The van der Waals surface area contributed by atoms with Crippen molar-refractivity contribution in [3.63, 3.8) is 0 Å². The van der Waals surface area contributed by atoms with Crippen LogP contribution in [-0.2, 0) is 6.54 Å². The second-order valence-electron chi connectivity index (χ2n) is 5.66. The Labute approximate surface area is 125 Å². The zero-order valence-corrected chi connectivity index (χ0v) is 13.3. The third-order valence-electron chi connectivity index (χ3n) is 3.06. The summed E-state index contributed by atoms with van der Waals surface area (Å²) < 4.78 is 2.06. The molecule has 7 nitrogen and oxygen atoms in total.